The van der Waals surface area contributed by atoms with E-state index in [0.29, 0.717) is 0 Å². The molecule has 0 aliphatic heterocycles. The second-order valence-electron chi connectivity index (χ2n) is 9.19. The van der Waals surface area contributed by atoms with Crippen LogP contribution in [0.3, 0.4) is 0 Å². The van der Waals surface area contributed by atoms with Gasteiger partial charge in [0.1, 0.15) is 0 Å². The molecule has 0 fully saturated rings. The maximum atomic E-state index is 13.7. The first-order valence-corrected chi connectivity index (χ1v) is 10.3. The van der Waals surface area contributed by atoms with Crippen LogP contribution in [0.5, 0.6) is 0 Å². The van der Waals surface area contributed by atoms with E-state index in [0.717, 1.165) is 0 Å². The van der Waals surface area contributed by atoms with E-state index in [1.807, 2.05) is 0 Å². The van der Waals surface area contributed by atoms with Gasteiger partial charge < -0.3 is 0 Å². The van der Waals surface area contributed by atoms with Gasteiger partial charge in [-0.3, -0.25) is 0 Å². The third-order valence-corrected chi connectivity index (χ3v) is 5.91. The fourth-order valence-electron chi connectivity index (χ4n) is 2.76. The van der Waals surface area contributed by atoms with Crippen LogP contribution in [0.25, 0.3) is 0 Å². The summed E-state index contributed by atoms with van der Waals surface area (Å²) in [7, 11) is 0. The molecule has 0 aliphatic carbocycles. The summed E-state index contributed by atoms with van der Waals surface area (Å²) in [4.78, 5) is 0. The number of hydrogen-bond acceptors (Lipinski definition) is 0. The molecule has 0 saturated heterocycles. The molecule has 0 N–H and O–H groups in total. The zero-order valence-electron chi connectivity index (χ0n) is 20.9. The number of halogens is 31. The monoisotopic (exact) mass is 798 g/mol. The normalized spacial score (nSPS) is 17.2. The molecule has 31 heteroatoms. The van der Waals surface area contributed by atoms with Crippen molar-refractivity contribution in [1.29, 1.82) is 0 Å². The van der Waals surface area contributed by atoms with Gasteiger partial charge in [-0.15, -0.1) is 0 Å². The number of hydrogen-bond donors (Lipinski definition) is 0. The fourth-order valence-corrected chi connectivity index (χ4v) is 2.76. The molecule has 0 atom stereocenters. The van der Waals surface area contributed by atoms with E-state index in [1.54, 1.807) is 0 Å². The average Bonchev–Trinajstić information content (AvgIpc) is 2.86. The molecule has 0 bridgehead atoms. The Labute approximate surface area is 240 Å². The third-order valence-electron chi connectivity index (χ3n) is 5.91. The molecule has 0 unspecified atom stereocenters. The number of alkyl halides is 31. The molecule has 0 radical (unpaired) electrons. The maximum absolute atomic E-state index is 13.7. The highest BCUT2D eigenvalue weighted by molar-refractivity contribution is 5.21. The van der Waals surface area contributed by atoms with E-state index >= 15 is 0 Å². The second-order valence-corrected chi connectivity index (χ2v) is 9.19. The van der Waals surface area contributed by atoms with Gasteiger partial charge in [-0.05, 0) is 0 Å². The van der Waals surface area contributed by atoms with Gasteiger partial charge in [0.2, 0.25) is 0 Å². The van der Waals surface area contributed by atoms with Crippen LogP contribution in [0.1, 0.15) is 6.92 Å². The molecular formula is C17H5F31. The lowest BCUT2D eigenvalue weighted by molar-refractivity contribution is -0.487. The van der Waals surface area contributed by atoms with Gasteiger partial charge in [-0.1, -0.05) is 0 Å². The predicted octanol–water partition coefficient (Wildman–Crippen LogP) is 10.5. The summed E-state index contributed by atoms with van der Waals surface area (Å²) in [5.41, 5.74) is 0. The van der Waals surface area contributed by atoms with Gasteiger partial charge in [0.05, 0.1) is 0 Å². The minimum absolute atomic E-state index is 1.63. The van der Waals surface area contributed by atoms with Crippen LogP contribution in [-0.4, -0.2) is 95.5 Å². The molecule has 0 aromatic heterocycles. The molecule has 0 spiro atoms. The van der Waals surface area contributed by atoms with Crippen LogP contribution in [0, 0.1) is 0 Å². The Morgan fingerprint density at radius 1 is 0.229 bits per heavy atom. The molecule has 0 nitrogen and oxygen atoms in total. The van der Waals surface area contributed by atoms with Crippen LogP contribution in [-0.2, 0) is 0 Å². The highest BCUT2D eigenvalue weighted by Crippen LogP contribution is 2.69. The van der Waals surface area contributed by atoms with Crippen LogP contribution in [0.2, 0.25) is 0 Å². The van der Waals surface area contributed by atoms with Crippen LogP contribution in [0.15, 0.2) is 0 Å². The van der Waals surface area contributed by atoms with E-state index in [-0.39, 0.29) is 0 Å². The summed E-state index contributed by atoms with van der Waals surface area (Å²) in [6.45, 7) is -6.00. The van der Waals surface area contributed by atoms with Gasteiger partial charge >= 0.3 is 88.8 Å². The zero-order valence-corrected chi connectivity index (χ0v) is 20.9. The van der Waals surface area contributed by atoms with Gasteiger partial charge in [-0.2, -0.15) is 132 Å². The molecule has 290 valence electrons. The maximum Gasteiger partial charge on any atom is 0.385 e. The summed E-state index contributed by atoms with van der Waals surface area (Å²) < 4.78 is 414. The van der Waals surface area contributed by atoms with E-state index < -0.39 is 102 Å². The second kappa shape index (κ2) is 10.9. The van der Waals surface area contributed by atoms with Crippen LogP contribution < -0.4 is 0 Å². The first-order valence-electron chi connectivity index (χ1n) is 10.3. The topological polar surface area (TPSA) is 0 Å². The van der Waals surface area contributed by atoms with E-state index in [1.165, 1.54) is 0 Å². The van der Waals surface area contributed by atoms with Crippen molar-refractivity contribution in [2.24, 2.45) is 0 Å². The van der Waals surface area contributed by atoms with Gasteiger partial charge in [0.15, 0.2) is 6.67 Å². The molecule has 48 heavy (non-hydrogen) atoms. The van der Waals surface area contributed by atoms with Crippen molar-refractivity contribution in [3.05, 3.63) is 0 Å². The van der Waals surface area contributed by atoms with Crippen LogP contribution >= 0.6 is 0 Å². The Kier molecular flexibility index (Phi) is 10.4. The van der Waals surface area contributed by atoms with Crippen molar-refractivity contribution < 1.29 is 136 Å². The molecular weight excluding hydrogens is 793 g/mol. The van der Waals surface area contributed by atoms with E-state index in [2.05, 4.69) is 0 Å². The van der Waals surface area contributed by atoms with E-state index in [9.17, 15) is 136 Å². The Balaban J connectivity index is 7.63. The zero-order chi connectivity index (χ0) is 40.2. The summed E-state index contributed by atoms with van der Waals surface area (Å²) in [6, 6.07) is 0. The van der Waals surface area contributed by atoms with Crippen molar-refractivity contribution >= 4 is 0 Å². The van der Waals surface area contributed by atoms with Crippen LogP contribution in [0.4, 0.5) is 136 Å². The molecule has 0 aromatic carbocycles. The Morgan fingerprint density at radius 2 is 0.354 bits per heavy atom. The standard InChI is InChI=1S/C17H5F31/c1-3(19,20)5(23,24)7(27,28)9(31,32)11(35,36)13(39,40)15(43,44)17(47,48)16(45,46)14(41,42)12(37,38)10(33,34)8(29,30)6(25,26)4(21,22)2-18/h2H2,1H3. The van der Waals surface area contributed by atoms with Crippen molar-refractivity contribution in [3.8, 4) is 0 Å². The lowest BCUT2D eigenvalue weighted by Crippen LogP contribution is -2.79. The summed E-state index contributed by atoms with van der Waals surface area (Å²) in [6.07, 6.45) is 0. The predicted molar refractivity (Wildman–Crippen MR) is 85.9 cm³/mol. The minimum Gasteiger partial charge on any atom is -0.244 e. The SMILES string of the molecule is CC(F)(F)C(F)(F)C(F)(F)C(F)(F)C(F)(F)C(F)(F)C(F)(F)C(F)(F)C(F)(F)C(F)(F)C(F)(F)C(F)(F)C(F)(F)C(F)(F)C(F)(F)CF. The lowest BCUT2D eigenvalue weighted by Gasteiger charge is -2.46. The van der Waals surface area contributed by atoms with Crippen molar-refractivity contribution in [2.75, 3.05) is 6.67 Å². The van der Waals surface area contributed by atoms with Gasteiger partial charge in [-0.25, -0.2) is 4.39 Å². The molecule has 0 aliphatic rings. The molecule has 0 amide bonds. The van der Waals surface area contributed by atoms with Gasteiger partial charge in [0, 0.05) is 6.92 Å². The Hall–Kier alpha value is -2.17. The molecule has 0 rings (SSSR count). The Bertz CT molecular complexity index is 1160. The smallest absolute Gasteiger partial charge is 0.244 e. The summed E-state index contributed by atoms with van der Waals surface area (Å²) in [5.74, 6) is -137. The first kappa shape index (κ1) is 45.8. The van der Waals surface area contributed by atoms with Crippen molar-refractivity contribution in [1.82, 2.24) is 0 Å². The minimum atomic E-state index is -10.0. The first-order chi connectivity index (χ1) is 20.1. The van der Waals surface area contributed by atoms with E-state index in [4.69, 9.17) is 0 Å². The quantitative estimate of drug-likeness (QED) is 0.145. The van der Waals surface area contributed by atoms with Crippen molar-refractivity contribution in [3.63, 3.8) is 0 Å². The highest BCUT2D eigenvalue weighted by atomic mass is 19.4. The lowest BCUT2D eigenvalue weighted by atomic mass is 9.83. The van der Waals surface area contributed by atoms with Crippen molar-refractivity contribution in [2.45, 2.75) is 95.8 Å². The van der Waals surface area contributed by atoms with Gasteiger partial charge in [0.25, 0.3) is 0 Å². The molecule has 0 aromatic rings. The molecule has 0 heterocycles. The number of rotatable bonds is 15. The summed E-state index contributed by atoms with van der Waals surface area (Å²) in [5, 5.41) is 0. The highest BCUT2D eigenvalue weighted by Gasteiger charge is 3.01. The summed E-state index contributed by atoms with van der Waals surface area (Å²) >= 11 is 0. The third kappa shape index (κ3) is 5.00. The molecule has 0 saturated carbocycles. The fraction of sp³-hybridized carbons (Fsp3) is 1.00. The Morgan fingerprint density at radius 3 is 0.479 bits per heavy atom. The largest absolute Gasteiger partial charge is 0.385 e. The average molecular weight is 798 g/mol.